The Morgan fingerprint density at radius 3 is 2.95 bits per heavy atom. The summed E-state index contributed by atoms with van der Waals surface area (Å²) < 4.78 is 6.78. The number of hydrogen-bond acceptors (Lipinski definition) is 4. The number of primary amides is 1. The van der Waals surface area contributed by atoms with Gasteiger partial charge < -0.3 is 10.5 Å². The first kappa shape index (κ1) is 12.2. The fraction of sp³-hybridized carbons (Fsp3) is 0.0714. The molecule has 3 rings (SSSR count). The maximum atomic E-state index is 11.4. The van der Waals surface area contributed by atoms with E-state index in [2.05, 4.69) is 16.1 Å². The third kappa shape index (κ3) is 1.87. The Morgan fingerprint density at radius 1 is 1.40 bits per heavy atom. The van der Waals surface area contributed by atoms with E-state index in [1.54, 1.807) is 19.4 Å². The molecule has 6 nitrogen and oxygen atoms in total. The van der Waals surface area contributed by atoms with Crippen LogP contribution in [-0.4, -0.2) is 27.6 Å². The SMILES string of the molecule is COc1ccccc1-c1nc2c(C(N)=O)[c]ccn2n1. The molecule has 3 aromatic rings. The number of ether oxygens (including phenoxy) is 1. The highest BCUT2D eigenvalue weighted by Crippen LogP contribution is 2.27. The zero-order valence-corrected chi connectivity index (χ0v) is 10.7. The summed E-state index contributed by atoms with van der Waals surface area (Å²) in [5.74, 6) is 0.534. The van der Waals surface area contributed by atoms with Gasteiger partial charge in [-0.3, -0.25) is 4.79 Å². The van der Waals surface area contributed by atoms with Gasteiger partial charge in [-0.15, -0.1) is 5.10 Å². The third-order valence-electron chi connectivity index (χ3n) is 2.89. The van der Waals surface area contributed by atoms with Gasteiger partial charge >= 0.3 is 0 Å². The van der Waals surface area contributed by atoms with Crippen LogP contribution in [0.15, 0.2) is 36.5 Å². The Hall–Kier alpha value is -2.89. The first-order chi connectivity index (χ1) is 9.70. The van der Waals surface area contributed by atoms with E-state index in [-0.39, 0.29) is 5.56 Å². The second-order valence-corrected chi connectivity index (χ2v) is 4.10. The van der Waals surface area contributed by atoms with E-state index in [0.717, 1.165) is 5.56 Å². The van der Waals surface area contributed by atoms with Gasteiger partial charge in [-0.05, 0) is 18.2 Å². The zero-order chi connectivity index (χ0) is 14.1. The van der Waals surface area contributed by atoms with Gasteiger partial charge in [-0.2, -0.15) is 0 Å². The van der Waals surface area contributed by atoms with Gasteiger partial charge in [-0.1, -0.05) is 12.1 Å². The van der Waals surface area contributed by atoms with Crippen molar-refractivity contribution in [1.82, 2.24) is 14.6 Å². The third-order valence-corrected chi connectivity index (χ3v) is 2.89. The minimum atomic E-state index is -0.588. The first-order valence-electron chi connectivity index (χ1n) is 5.91. The van der Waals surface area contributed by atoms with E-state index >= 15 is 0 Å². The molecule has 2 aromatic heterocycles. The van der Waals surface area contributed by atoms with Crippen molar-refractivity contribution in [2.45, 2.75) is 0 Å². The van der Waals surface area contributed by atoms with Crippen LogP contribution >= 0.6 is 0 Å². The van der Waals surface area contributed by atoms with E-state index in [4.69, 9.17) is 10.5 Å². The van der Waals surface area contributed by atoms with Crippen molar-refractivity contribution >= 4 is 11.6 Å². The van der Waals surface area contributed by atoms with E-state index in [1.165, 1.54) is 4.52 Å². The standard InChI is InChI=1S/C14H11N4O2/c1-20-11-7-3-2-5-9(11)13-16-14-10(12(15)19)6-4-8-18(14)17-13/h2-5,7-8H,1H3,(H2,15,19). The van der Waals surface area contributed by atoms with Crippen molar-refractivity contribution in [2.75, 3.05) is 7.11 Å². The van der Waals surface area contributed by atoms with Gasteiger partial charge in [0.05, 0.1) is 18.2 Å². The maximum absolute atomic E-state index is 11.4. The Kier molecular flexibility index (Phi) is 2.83. The topological polar surface area (TPSA) is 82.5 Å². The molecule has 1 aromatic carbocycles. The molecule has 1 radical (unpaired) electrons. The van der Waals surface area contributed by atoms with Crippen molar-refractivity contribution in [3.63, 3.8) is 0 Å². The average molecular weight is 267 g/mol. The maximum Gasteiger partial charge on any atom is 0.253 e. The molecule has 99 valence electrons. The fourth-order valence-electron chi connectivity index (χ4n) is 1.98. The van der Waals surface area contributed by atoms with Crippen LogP contribution in [0.1, 0.15) is 10.4 Å². The summed E-state index contributed by atoms with van der Waals surface area (Å²) >= 11 is 0. The lowest BCUT2D eigenvalue weighted by atomic mass is 10.2. The number of carbonyl (C=O) groups excluding carboxylic acids is 1. The van der Waals surface area contributed by atoms with Gasteiger partial charge in [-0.25, -0.2) is 9.50 Å². The molecule has 0 saturated carbocycles. The minimum Gasteiger partial charge on any atom is -0.496 e. The van der Waals surface area contributed by atoms with Crippen LogP contribution in [0.4, 0.5) is 0 Å². The summed E-state index contributed by atoms with van der Waals surface area (Å²) in [6, 6.07) is 11.7. The number of nitrogens with two attached hydrogens (primary N) is 1. The molecule has 20 heavy (non-hydrogen) atoms. The molecule has 0 aliphatic heterocycles. The lowest BCUT2D eigenvalue weighted by molar-refractivity contribution is 0.100. The van der Waals surface area contributed by atoms with Crippen molar-refractivity contribution in [3.8, 4) is 17.1 Å². The molecule has 2 heterocycles. The minimum absolute atomic E-state index is 0.209. The van der Waals surface area contributed by atoms with E-state index < -0.39 is 5.91 Å². The molecule has 0 aliphatic carbocycles. The molecule has 0 saturated heterocycles. The molecule has 6 heteroatoms. The van der Waals surface area contributed by atoms with Crippen molar-refractivity contribution in [2.24, 2.45) is 5.73 Å². The highest BCUT2D eigenvalue weighted by Gasteiger charge is 2.15. The predicted octanol–water partition coefficient (Wildman–Crippen LogP) is 1.30. The van der Waals surface area contributed by atoms with Gasteiger partial charge in [0.1, 0.15) is 5.75 Å². The summed E-state index contributed by atoms with van der Waals surface area (Å²) in [7, 11) is 1.58. The Labute approximate surface area is 114 Å². The molecule has 0 atom stereocenters. The van der Waals surface area contributed by atoms with Gasteiger partial charge in [0, 0.05) is 12.3 Å². The molecule has 0 fully saturated rings. The number of amides is 1. The Morgan fingerprint density at radius 2 is 2.20 bits per heavy atom. The summed E-state index contributed by atoms with van der Waals surface area (Å²) in [5, 5.41) is 4.33. The number of para-hydroxylation sites is 1. The molecule has 2 N–H and O–H groups in total. The van der Waals surface area contributed by atoms with Crippen molar-refractivity contribution in [3.05, 3.63) is 48.2 Å². The number of aromatic nitrogens is 3. The molecular weight excluding hydrogens is 256 g/mol. The summed E-state index contributed by atoms with van der Waals surface area (Å²) in [4.78, 5) is 15.7. The second-order valence-electron chi connectivity index (χ2n) is 4.10. The number of rotatable bonds is 3. The molecule has 1 amide bonds. The van der Waals surface area contributed by atoms with E-state index in [1.807, 2.05) is 24.3 Å². The fourth-order valence-corrected chi connectivity index (χ4v) is 1.98. The van der Waals surface area contributed by atoms with Crippen LogP contribution in [0.3, 0.4) is 0 Å². The van der Waals surface area contributed by atoms with Crippen LogP contribution in [0, 0.1) is 6.07 Å². The number of hydrogen-bond donors (Lipinski definition) is 1. The van der Waals surface area contributed by atoms with Crippen LogP contribution in [0.2, 0.25) is 0 Å². The number of carbonyl (C=O) groups is 1. The second kappa shape index (κ2) is 4.65. The molecule has 0 unspecified atom stereocenters. The monoisotopic (exact) mass is 267 g/mol. The van der Waals surface area contributed by atoms with Crippen LogP contribution in [0.25, 0.3) is 17.0 Å². The van der Waals surface area contributed by atoms with Crippen molar-refractivity contribution in [1.29, 1.82) is 0 Å². The Balaban J connectivity index is 2.23. The lowest BCUT2D eigenvalue weighted by Crippen LogP contribution is -2.12. The number of pyridine rings is 1. The number of benzene rings is 1. The number of methoxy groups -OCH3 is 1. The predicted molar refractivity (Wildman–Crippen MR) is 72.3 cm³/mol. The molecule has 0 aliphatic rings. The summed E-state index contributed by atoms with van der Waals surface area (Å²) in [5.41, 5.74) is 6.64. The van der Waals surface area contributed by atoms with Crippen LogP contribution < -0.4 is 10.5 Å². The summed E-state index contributed by atoms with van der Waals surface area (Å²) in [6.45, 7) is 0. The lowest BCUT2D eigenvalue weighted by Gasteiger charge is -2.03. The summed E-state index contributed by atoms with van der Waals surface area (Å²) in [6.07, 6.45) is 1.66. The van der Waals surface area contributed by atoms with Gasteiger partial charge in [0.2, 0.25) is 0 Å². The van der Waals surface area contributed by atoms with E-state index in [9.17, 15) is 4.79 Å². The van der Waals surface area contributed by atoms with Gasteiger partial charge in [0.15, 0.2) is 11.5 Å². The molecule has 0 bridgehead atoms. The smallest absolute Gasteiger partial charge is 0.253 e. The normalized spacial score (nSPS) is 10.7. The van der Waals surface area contributed by atoms with Crippen LogP contribution in [-0.2, 0) is 0 Å². The molecular formula is C14H11N4O2. The largest absolute Gasteiger partial charge is 0.496 e. The van der Waals surface area contributed by atoms with Crippen molar-refractivity contribution < 1.29 is 9.53 Å². The first-order valence-corrected chi connectivity index (χ1v) is 5.91. The van der Waals surface area contributed by atoms with Gasteiger partial charge in [0.25, 0.3) is 5.91 Å². The highest BCUT2D eigenvalue weighted by molar-refractivity contribution is 5.98. The Bertz CT molecular complexity index is 795. The zero-order valence-electron chi connectivity index (χ0n) is 10.7. The quantitative estimate of drug-likeness (QED) is 0.775. The van der Waals surface area contributed by atoms with E-state index in [0.29, 0.717) is 17.2 Å². The highest BCUT2D eigenvalue weighted by atomic mass is 16.5. The molecule has 0 spiro atoms. The van der Waals surface area contributed by atoms with Crippen LogP contribution in [0.5, 0.6) is 5.75 Å². The number of fused-ring (bicyclic) bond motifs is 1. The average Bonchev–Trinajstić information content (AvgIpc) is 2.90. The number of nitrogens with zero attached hydrogens (tertiary/aromatic N) is 3.